The molecule has 84 valence electrons. The Morgan fingerprint density at radius 2 is 2.00 bits per heavy atom. The van der Waals surface area contributed by atoms with Crippen LogP contribution in [-0.4, -0.2) is 0 Å². The minimum atomic E-state index is 0.570. The Balaban J connectivity index is 2.31. The van der Waals surface area contributed by atoms with E-state index in [0.717, 1.165) is 10.7 Å². The average Bonchev–Trinajstić information content (AvgIpc) is 2.67. The van der Waals surface area contributed by atoms with E-state index in [1.807, 2.05) is 13.0 Å². The summed E-state index contributed by atoms with van der Waals surface area (Å²) in [6.07, 6.45) is 1.72. The molecule has 0 saturated carbocycles. The van der Waals surface area contributed by atoms with Gasteiger partial charge in [-0.3, -0.25) is 0 Å². The molecule has 2 N–H and O–H groups in total. The van der Waals surface area contributed by atoms with Gasteiger partial charge in [0.25, 0.3) is 0 Å². The molecule has 0 spiro atoms. The topological polar surface area (TPSA) is 39.2 Å². The quantitative estimate of drug-likeness (QED) is 0.881. The SMILES string of the molecule is Cc1ccc(Sc2ccoc2C)c(CN)c1. The predicted octanol–water partition coefficient (Wildman–Crippen LogP) is 3.51. The highest BCUT2D eigenvalue weighted by atomic mass is 32.2. The molecule has 0 atom stereocenters. The van der Waals surface area contributed by atoms with Crippen LogP contribution in [0.15, 0.2) is 44.7 Å². The number of furan rings is 1. The van der Waals surface area contributed by atoms with Gasteiger partial charge in [0.05, 0.1) is 11.2 Å². The maximum absolute atomic E-state index is 5.75. The first-order valence-electron chi connectivity index (χ1n) is 5.22. The number of nitrogens with two attached hydrogens (primary N) is 1. The summed E-state index contributed by atoms with van der Waals surface area (Å²) >= 11 is 1.71. The zero-order valence-electron chi connectivity index (χ0n) is 9.49. The normalized spacial score (nSPS) is 10.7. The minimum Gasteiger partial charge on any atom is -0.468 e. The molecule has 0 amide bonds. The lowest BCUT2D eigenvalue weighted by molar-refractivity contribution is 0.527. The van der Waals surface area contributed by atoms with Crippen LogP contribution in [0.5, 0.6) is 0 Å². The molecule has 2 aromatic rings. The fourth-order valence-electron chi connectivity index (χ4n) is 1.56. The number of hydrogen-bond acceptors (Lipinski definition) is 3. The summed E-state index contributed by atoms with van der Waals surface area (Å²) in [5.74, 6) is 0.952. The van der Waals surface area contributed by atoms with Crippen LogP contribution in [0.25, 0.3) is 0 Å². The smallest absolute Gasteiger partial charge is 0.114 e. The summed E-state index contributed by atoms with van der Waals surface area (Å²) in [7, 11) is 0. The van der Waals surface area contributed by atoms with Crippen molar-refractivity contribution >= 4 is 11.8 Å². The van der Waals surface area contributed by atoms with E-state index in [0.29, 0.717) is 6.54 Å². The van der Waals surface area contributed by atoms with E-state index in [1.165, 1.54) is 16.0 Å². The monoisotopic (exact) mass is 233 g/mol. The highest BCUT2D eigenvalue weighted by Gasteiger charge is 2.07. The van der Waals surface area contributed by atoms with Gasteiger partial charge in [-0.05, 0) is 31.5 Å². The van der Waals surface area contributed by atoms with Crippen LogP contribution >= 0.6 is 11.8 Å². The third kappa shape index (κ3) is 2.31. The van der Waals surface area contributed by atoms with Gasteiger partial charge in [-0.25, -0.2) is 0 Å². The Morgan fingerprint density at radius 1 is 1.19 bits per heavy atom. The van der Waals surface area contributed by atoms with Crippen molar-refractivity contribution in [2.75, 3.05) is 0 Å². The maximum atomic E-state index is 5.75. The molecule has 0 unspecified atom stereocenters. The molecule has 0 radical (unpaired) electrons. The summed E-state index contributed by atoms with van der Waals surface area (Å²) in [6, 6.07) is 8.35. The molecular weight excluding hydrogens is 218 g/mol. The van der Waals surface area contributed by atoms with Crippen molar-refractivity contribution in [3.63, 3.8) is 0 Å². The van der Waals surface area contributed by atoms with Gasteiger partial charge in [0.2, 0.25) is 0 Å². The highest BCUT2D eigenvalue weighted by Crippen LogP contribution is 2.33. The van der Waals surface area contributed by atoms with Gasteiger partial charge in [0, 0.05) is 11.4 Å². The van der Waals surface area contributed by atoms with Crippen molar-refractivity contribution < 1.29 is 4.42 Å². The molecule has 3 heteroatoms. The largest absolute Gasteiger partial charge is 0.468 e. The lowest BCUT2D eigenvalue weighted by Crippen LogP contribution is -1.98. The van der Waals surface area contributed by atoms with Gasteiger partial charge < -0.3 is 10.2 Å². The van der Waals surface area contributed by atoms with E-state index in [-0.39, 0.29) is 0 Å². The van der Waals surface area contributed by atoms with E-state index in [9.17, 15) is 0 Å². The second-order valence-electron chi connectivity index (χ2n) is 3.76. The Labute approximate surface area is 99.8 Å². The third-order valence-corrected chi connectivity index (χ3v) is 3.73. The van der Waals surface area contributed by atoms with Crippen LogP contribution in [0.4, 0.5) is 0 Å². The number of hydrogen-bond donors (Lipinski definition) is 1. The Bertz CT molecular complexity index is 490. The van der Waals surface area contributed by atoms with Crippen LogP contribution in [0.3, 0.4) is 0 Å². The average molecular weight is 233 g/mol. The molecule has 1 aromatic heterocycles. The summed E-state index contributed by atoms with van der Waals surface area (Å²) in [6.45, 7) is 4.62. The Morgan fingerprint density at radius 3 is 2.62 bits per heavy atom. The van der Waals surface area contributed by atoms with Gasteiger partial charge in [0.1, 0.15) is 5.76 Å². The number of benzene rings is 1. The van der Waals surface area contributed by atoms with Gasteiger partial charge in [0.15, 0.2) is 0 Å². The first-order valence-corrected chi connectivity index (χ1v) is 6.04. The van der Waals surface area contributed by atoms with Gasteiger partial charge in [-0.1, -0.05) is 29.5 Å². The number of rotatable bonds is 3. The Hall–Kier alpha value is -1.19. The lowest BCUT2D eigenvalue weighted by atomic mass is 10.1. The molecule has 0 aliphatic heterocycles. The van der Waals surface area contributed by atoms with E-state index >= 15 is 0 Å². The van der Waals surface area contributed by atoms with E-state index in [2.05, 4.69) is 25.1 Å². The molecular formula is C13H15NOS. The molecule has 1 heterocycles. The molecule has 0 aliphatic carbocycles. The molecule has 0 bridgehead atoms. The van der Waals surface area contributed by atoms with Crippen molar-refractivity contribution in [3.05, 3.63) is 47.4 Å². The molecule has 2 rings (SSSR count). The summed E-state index contributed by atoms with van der Waals surface area (Å²) < 4.78 is 5.28. The molecule has 0 fully saturated rings. The Kier molecular flexibility index (Phi) is 3.36. The highest BCUT2D eigenvalue weighted by molar-refractivity contribution is 7.99. The lowest BCUT2D eigenvalue weighted by Gasteiger charge is -2.07. The van der Waals surface area contributed by atoms with Gasteiger partial charge in [-0.2, -0.15) is 0 Å². The van der Waals surface area contributed by atoms with Gasteiger partial charge >= 0.3 is 0 Å². The van der Waals surface area contributed by atoms with Crippen LogP contribution < -0.4 is 5.73 Å². The van der Waals surface area contributed by atoms with Gasteiger partial charge in [-0.15, -0.1) is 0 Å². The number of aryl methyl sites for hydroxylation is 2. The predicted molar refractivity (Wildman–Crippen MR) is 66.6 cm³/mol. The molecule has 2 nitrogen and oxygen atoms in total. The fraction of sp³-hybridized carbons (Fsp3) is 0.231. The van der Waals surface area contributed by atoms with E-state index < -0.39 is 0 Å². The molecule has 0 saturated heterocycles. The minimum absolute atomic E-state index is 0.570. The molecule has 0 aliphatic rings. The second-order valence-corrected chi connectivity index (χ2v) is 4.84. The van der Waals surface area contributed by atoms with Crippen molar-refractivity contribution in [1.82, 2.24) is 0 Å². The van der Waals surface area contributed by atoms with Crippen molar-refractivity contribution in [1.29, 1.82) is 0 Å². The van der Waals surface area contributed by atoms with Crippen LogP contribution in [0.2, 0.25) is 0 Å². The third-order valence-electron chi connectivity index (χ3n) is 2.47. The molecule has 1 aromatic carbocycles. The van der Waals surface area contributed by atoms with E-state index in [1.54, 1.807) is 18.0 Å². The summed E-state index contributed by atoms with van der Waals surface area (Å²) in [4.78, 5) is 2.36. The fourth-order valence-corrected chi connectivity index (χ4v) is 2.53. The van der Waals surface area contributed by atoms with E-state index in [4.69, 9.17) is 10.2 Å². The standard InChI is InChI=1S/C13H15NOS/c1-9-3-4-13(11(7-9)8-14)16-12-5-6-15-10(12)2/h3-7H,8,14H2,1-2H3. The first kappa shape index (κ1) is 11.3. The second kappa shape index (κ2) is 4.76. The van der Waals surface area contributed by atoms with Crippen molar-refractivity contribution in [2.24, 2.45) is 5.73 Å². The van der Waals surface area contributed by atoms with Crippen LogP contribution in [0, 0.1) is 13.8 Å². The summed E-state index contributed by atoms with van der Waals surface area (Å²) in [5.41, 5.74) is 8.18. The van der Waals surface area contributed by atoms with Crippen molar-refractivity contribution in [3.8, 4) is 0 Å². The summed E-state index contributed by atoms with van der Waals surface area (Å²) in [5, 5.41) is 0. The molecule has 16 heavy (non-hydrogen) atoms. The maximum Gasteiger partial charge on any atom is 0.114 e. The van der Waals surface area contributed by atoms with Crippen LogP contribution in [0.1, 0.15) is 16.9 Å². The first-order chi connectivity index (χ1) is 7.70. The zero-order valence-corrected chi connectivity index (χ0v) is 10.3. The van der Waals surface area contributed by atoms with Crippen molar-refractivity contribution in [2.45, 2.75) is 30.2 Å². The van der Waals surface area contributed by atoms with Crippen LogP contribution in [-0.2, 0) is 6.54 Å². The zero-order chi connectivity index (χ0) is 11.5.